The fourth-order valence-corrected chi connectivity index (χ4v) is 4.45. The van der Waals surface area contributed by atoms with Crippen LogP contribution in [0.25, 0.3) is 0 Å². The van der Waals surface area contributed by atoms with Gasteiger partial charge in [0, 0.05) is 12.1 Å². The van der Waals surface area contributed by atoms with Crippen LogP contribution in [0.5, 0.6) is 0 Å². The predicted octanol–water partition coefficient (Wildman–Crippen LogP) is 5.78. The van der Waals surface area contributed by atoms with Crippen molar-refractivity contribution in [3.8, 4) is 0 Å². The van der Waals surface area contributed by atoms with Crippen LogP contribution in [0, 0.1) is 12.8 Å². The zero-order chi connectivity index (χ0) is 23.4. The largest absolute Gasteiger partial charge is 0.481 e. The Bertz CT molecular complexity index is 1140. The number of rotatable bonds is 7. The second-order valence-corrected chi connectivity index (χ2v) is 8.82. The van der Waals surface area contributed by atoms with Gasteiger partial charge in [-0.15, -0.1) is 5.10 Å². The second-order valence-electron chi connectivity index (χ2n) is 8.41. The highest BCUT2D eigenvalue weighted by Crippen LogP contribution is 2.37. The molecule has 3 N–H and O–H groups in total. The highest BCUT2D eigenvalue weighted by atomic mass is 35.5. The molecule has 172 valence electrons. The Hall–Kier alpha value is -3.39. The summed E-state index contributed by atoms with van der Waals surface area (Å²) in [5.74, 6) is -0.707. The summed E-state index contributed by atoms with van der Waals surface area (Å²) in [4.78, 5) is 23.4. The van der Waals surface area contributed by atoms with E-state index in [0.717, 1.165) is 31.2 Å². The van der Waals surface area contributed by atoms with Gasteiger partial charge in [-0.1, -0.05) is 34.9 Å². The van der Waals surface area contributed by atoms with Crippen LogP contribution >= 0.6 is 11.6 Å². The van der Waals surface area contributed by atoms with Gasteiger partial charge in [0.2, 0.25) is 0 Å². The quantitative estimate of drug-likeness (QED) is 0.402. The Kier molecular flexibility index (Phi) is 6.93. The first-order valence-electron chi connectivity index (χ1n) is 10.9. The summed E-state index contributed by atoms with van der Waals surface area (Å²) in [6.07, 6.45) is 4.06. The van der Waals surface area contributed by atoms with Crippen molar-refractivity contribution in [2.45, 2.75) is 44.9 Å². The van der Waals surface area contributed by atoms with Crippen LogP contribution < -0.4 is 10.6 Å². The summed E-state index contributed by atoms with van der Waals surface area (Å²) in [6.45, 7) is 1.93. The number of halogens is 1. The minimum atomic E-state index is -0.721. The fourth-order valence-electron chi connectivity index (χ4n) is 4.17. The number of anilines is 3. The molecule has 0 saturated heterocycles. The summed E-state index contributed by atoms with van der Waals surface area (Å²) in [6, 6.07) is 13.2. The molecule has 33 heavy (non-hydrogen) atoms. The first-order chi connectivity index (χ1) is 15.9. The third-order valence-corrected chi connectivity index (χ3v) is 6.25. The van der Waals surface area contributed by atoms with Crippen molar-refractivity contribution in [2.75, 3.05) is 10.6 Å². The molecule has 1 fully saturated rings. The van der Waals surface area contributed by atoms with Crippen molar-refractivity contribution in [2.24, 2.45) is 5.92 Å². The minimum absolute atomic E-state index is 0.0692. The summed E-state index contributed by atoms with van der Waals surface area (Å²) in [5.41, 5.74) is 3.44. The van der Waals surface area contributed by atoms with Crippen molar-refractivity contribution in [3.05, 3.63) is 64.5 Å². The number of hydrogen-bond donors (Lipinski definition) is 3. The van der Waals surface area contributed by atoms with Crippen molar-refractivity contribution in [1.29, 1.82) is 0 Å². The van der Waals surface area contributed by atoms with Gasteiger partial charge in [0.05, 0.1) is 10.7 Å². The number of carbonyl (C=O) groups excluding carboxylic acids is 1. The van der Waals surface area contributed by atoms with Crippen LogP contribution in [0.1, 0.15) is 59.8 Å². The number of carboxylic acid groups (broad SMARTS) is 1. The average molecular weight is 469 g/mol. The van der Waals surface area contributed by atoms with E-state index in [0.29, 0.717) is 22.3 Å². The van der Waals surface area contributed by atoms with Crippen LogP contribution in [-0.2, 0) is 4.79 Å². The van der Waals surface area contributed by atoms with E-state index in [1.807, 2.05) is 37.3 Å². The number of benzene rings is 2. The lowest BCUT2D eigenvalue weighted by Gasteiger charge is -2.28. The molecule has 1 heterocycles. The van der Waals surface area contributed by atoms with E-state index in [9.17, 15) is 9.59 Å². The Morgan fingerprint density at radius 2 is 1.82 bits per heavy atom. The number of nitrogens with one attached hydrogen (secondary N) is 2. The summed E-state index contributed by atoms with van der Waals surface area (Å²) >= 11 is 6.20. The zero-order valence-corrected chi connectivity index (χ0v) is 18.9. The number of carbonyl (C=O) groups is 2. The molecule has 0 radical (unpaired) electrons. The van der Waals surface area contributed by atoms with Crippen molar-refractivity contribution in [3.63, 3.8) is 0 Å². The summed E-state index contributed by atoms with van der Waals surface area (Å²) < 4.78 is 5.42. The average Bonchev–Trinajstić information content (AvgIpc) is 3.25. The molecule has 0 spiro atoms. The molecular weight excluding hydrogens is 444 g/mol. The maximum absolute atomic E-state index is 12.5. The van der Waals surface area contributed by atoms with E-state index in [2.05, 4.69) is 20.8 Å². The molecule has 1 aromatic heterocycles. The molecule has 0 atom stereocenters. The van der Waals surface area contributed by atoms with Crippen LogP contribution in [0.3, 0.4) is 0 Å². The molecule has 9 heteroatoms. The third kappa shape index (κ3) is 5.90. The van der Waals surface area contributed by atoms with Crippen LogP contribution in [-0.4, -0.2) is 27.2 Å². The first-order valence-corrected chi connectivity index (χ1v) is 11.2. The van der Waals surface area contributed by atoms with Gasteiger partial charge in [-0.25, -0.2) is 0 Å². The lowest BCUT2D eigenvalue weighted by atomic mass is 9.77. The number of nitrogens with zero attached hydrogens (tertiary/aromatic N) is 2. The Morgan fingerprint density at radius 1 is 1.09 bits per heavy atom. The van der Waals surface area contributed by atoms with Gasteiger partial charge in [0.15, 0.2) is 0 Å². The van der Waals surface area contributed by atoms with Gasteiger partial charge in [-0.3, -0.25) is 9.59 Å². The number of aliphatic carboxylic acids is 1. The van der Waals surface area contributed by atoms with Gasteiger partial charge >= 0.3 is 23.8 Å². The van der Waals surface area contributed by atoms with E-state index in [4.69, 9.17) is 21.1 Å². The smallest absolute Gasteiger partial charge is 0.320 e. The monoisotopic (exact) mass is 468 g/mol. The Morgan fingerprint density at radius 3 is 2.48 bits per heavy atom. The van der Waals surface area contributed by atoms with E-state index >= 15 is 0 Å². The van der Waals surface area contributed by atoms with E-state index < -0.39 is 11.9 Å². The molecular formula is C24H25ClN4O4. The Labute approximate surface area is 196 Å². The zero-order valence-electron chi connectivity index (χ0n) is 18.2. The Balaban J connectivity index is 1.32. The topological polar surface area (TPSA) is 117 Å². The minimum Gasteiger partial charge on any atom is -0.481 e. The maximum Gasteiger partial charge on any atom is 0.320 e. The van der Waals surface area contributed by atoms with Gasteiger partial charge < -0.3 is 20.2 Å². The molecule has 8 nitrogen and oxygen atoms in total. The molecule has 1 aliphatic carbocycles. The van der Waals surface area contributed by atoms with E-state index in [1.165, 1.54) is 5.56 Å². The molecule has 3 aromatic rings. The standard InChI is InChI=1S/C24H25ClN4O4/c1-14-2-11-20(19(25)12-14)27-24-29-28-23(33-24)22(32)26-18-9-7-17(8-10-18)16-5-3-15(4-6-16)13-21(30)31/h2,7-12,15-16H,3-6,13H2,1H3,(H,26,32)(H,27,29)(H,30,31)/t15-,16-. The van der Waals surface area contributed by atoms with Crippen molar-refractivity contribution >= 4 is 40.9 Å². The lowest BCUT2D eigenvalue weighted by molar-refractivity contribution is -0.138. The highest BCUT2D eigenvalue weighted by molar-refractivity contribution is 6.33. The molecule has 0 unspecified atom stereocenters. The SMILES string of the molecule is Cc1ccc(Nc2nnc(C(=O)Nc3ccc([C@H]4CC[C@H](CC(=O)O)CC4)cc3)o2)c(Cl)c1. The highest BCUT2D eigenvalue weighted by Gasteiger charge is 2.24. The van der Waals surface area contributed by atoms with Gasteiger partial charge in [-0.2, -0.15) is 0 Å². The molecule has 2 aromatic carbocycles. The van der Waals surface area contributed by atoms with Crippen molar-refractivity contribution in [1.82, 2.24) is 10.2 Å². The van der Waals surface area contributed by atoms with Gasteiger partial charge in [0.1, 0.15) is 0 Å². The molecule has 0 aliphatic heterocycles. The van der Waals surface area contributed by atoms with Crippen LogP contribution in [0.4, 0.5) is 17.4 Å². The maximum atomic E-state index is 12.5. The predicted molar refractivity (Wildman–Crippen MR) is 125 cm³/mol. The van der Waals surface area contributed by atoms with Crippen LogP contribution in [0.2, 0.25) is 5.02 Å². The number of aromatic nitrogens is 2. The van der Waals surface area contributed by atoms with Gasteiger partial charge in [-0.05, 0) is 79.8 Å². The van der Waals surface area contributed by atoms with Crippen molar-refractivity contribution < 1.29 is 19.1 Å². The second kappa shape index (κ2) is 10.0. The third-order valence-electron chi connectivity index (χ3n) is 5.94. The first kappa shape index (κ1) is 22.8. The van der Waals surface area contributed by atoms with Gasteiger partial charge in [0.25, 0.3) is 0 Å². The molecule has 1 saturated carbocycles. The summed E-state index contributed by atoms with van der Waals surface area (Å²) in [7, 11) is 0. The lowest BCUT2D eigenvalue weighted by Crippen LogP contribution is -2.16. The summed E-state index contributed by atoms with van der Waals surface area (Å²) in [5, 5.41) is 22.8. The number of amides is 1. The fraction of sp³-hybridized carbons (Fsp3) is 0.333. The number of aryl methyl sites for hydroxylation is 1. The van der Waals surface area contributed by atoms with Crippen LogP contribution in [0.15, 0.2) is 46.9 Å². The number of hydrogen-bond acceptors (Lipinski definition) is 6. The molecule has 0 bridgehead atoms. The molecule has 1 amide bonds. The van der Waals surface area contributed by atoms with E-state index in [-0.39, 0.29) is 24.2 Å². The van der Waals surface area contributed by atoms with E-state index in [1.54, 1.807) is 12.1 Å². The number of carboxylic acids is 1. The molecule has 4 rings (SSSR count). The normalized spacial score (nSPS) is 18.0. The molecule has 1 aliphatic rings.